The number of nitrogens with one attached hydrogen (secondary N) is 1. The summed E-state index contributed by atoms with van der Waals surface area (Å²) in [5, 5.41) is 2.58. The first kappa shape index (κ1) is 19.6. The standard InChI is InChI=1S/C17H18F2N2O4S/c1-25-15-9-4-3-8-14(15)20-16(22)10-11-21(26(2,23)24)17-12(18)6-5-7-13(17)19/h3-9H,10-11H2,1-2H3,(H,20,22). The highest BCUT2D eigenvalue weighted by atomic mass is 32.2. The van der Waals surface area contributed by atoms with Gasteiger partial charge in [0.2, 0.25) is 15.9 Å². The minimum atomic E-state index is -4.00. The molecule has 2 rings (SSSR count). The third kappa shape index (κ3) is 4.69. The molecule has 0 heterocycles. The Morgan fingerprint density at radius 2 is 1.73 bits per heavy atom. The molecule has 0 aliphatic rings. The van der Waals surface area contributed by atoms with Crippen molar-refractivity contribution in [3.05, 3.63) is 54.1 Å². The van der Waals surface area contributed by atoms with Crippen molar-refractivity contribution in [2.24, 2.45) is 0 Å². The Bertz CT molecular complexity index is 883. The molecule has 6 nitrogen and oxygen atoms in total. The summed E-state index contributed by atoms with van der Waals surface area (Å²) in [7, 11) is -2.55. The van der Waals surface area contributed by atoms with Crippen LogP contribution in [-0.2, 0) is 14.8 Å². The normalized spacial score (nSPS) is 11.1. The van der Waals surface area contributed by atoms with E-state index in [0.717, 1.165) is 24.5 Å². The van der Waals surface area contributed by atoms with Crippen molar-refractivity contribution in [3.8, 4) is 5.75 Å². The largest absolute Gasteiger partial charge is 0.495 e. The van der Waals surface area contributed by atoms with Crippen LogP contribution >= 0.6 is 0 Å². The number of halogens is 2. The van der Waals surface area contributed by atoms with Gasteiger partial charge in [-0.3, -0.25) is 9.10 Å². The third-order valence-electron chi connectivity index (χ3n) is 3.51. The maximum absolute atomic E-state index is 13.9. The lowest BCUT2D eigenvalue weighted by atomic mass is 10.2. The van der Waals surface area contributed by atoms with E-state index in [9.17, 15) is 22.0 Å². The SMILES string of the molecule is COc1ccccc1NC(=O)CCN(c1c(F)cccc1F)S(C)(=O)=O. The molecule has 0 aromatic heterocycles. The quantitative estimate of drug-likeness (QED) is 0.797. The average Bonchev–Trinajstić information content (AvgIpc) is 2.56. The molecular formula is C17H18F2N2O4S. The van der Waals surface area contributed by atoms with E-state index in [0.29, 0.717) is 15.7 Å². The molecule has 9 heteroatoms. The molecule has 140 valence electrons. The number of sulfonamides is 1. The fraction of sp³-hybridized carbons (Fsp3) is 0.235. The van der Waals surface area contributed by atoms with E-state index in [-0.39, 0.29) is 6.42 Å². The number of methoxy groups -OCH3 is 1. The van der Waals surface area contributed by atoms with Gasteiger partial charge >= 0.3 is 0 Å². The first-order valence-corrected chi connectivity index (χ1v) is 9.43. The topological polar surface area (TPSA) is 75.7 Å². The predicted octanol–water partition coefficient (Wildman–Crippen LogP) is 2.77. The predicted molar refractivity (Wildman–Crippen MR) is 94.8 cm³/mol. The summed E-state index contributed by atoms with van der Waals surface area (Å²) in [6.45, 7) is -0.419. The zero-order chi connectivity index (χ0) is 19.3. The minimum Gasteiger partial charge on any atom is -0.495 e. The summed E-state index contributed by atoms with van der Waals surface area (Å²) in [5.74, 6) is -2.15. The van der Waals surface area contributed by atoms with Gasteiger partial charge in [-0.15, -0.1) is 0 Å². The number of hydrogen-bond acceptors (Lipinski definition) is 4. The van der Waals surface area contributed by atoms with Crippen molar-refractivity contribution in [3.63, 3.8) is 0 Å². The highest BCUT2D eigenvalue weighted by Gasteiger charge is 2.25. The Hall–Kier alpha value is -2.68. The van der Waals surface area contributed by atoms with Gasteiger partial charge in [0.25, 0.3) is 0 Å². The fourth-order valence-corrected chi connectivity index (χ4v) is 3.26. The zero-order valence-electron chi connectivity index (χ0n) is 14.2. The van der Waals surface area contributed by atoms with Gasteiger partial charge in [-0.25, -0.2) is 17.2 Å². The van der Waals surface area contributed by atoms with Crippen LogP contribution in [0.4, 0.5) is 20.2 Å². The van der Waals surface area contributed by atoms with Crippen LogP contribution in [0.2, 0.25) is 0 Å². The monoisotopic (exact) mass is 384 g/mol. The average molecular weight is 384 g/mol. The number of anilines is 2. The molecule has 0 saturated carbocycles. The second-order valence-corrected chi connectivity index (χ2v) is 7.31. The van der Waals surface area contributed by atoms with Gasteiger partial charge in [0, 0.05) is 13.0 Å². The van der Waals surface area contributed by atoms with E-state index in [1.165, 1.54) is 7.11 Å². The van der Waals surface area contributed by atoms with E-state index in [1.807, 2.05) is 0 Å². The van der Waals surface area contributed by atoms with Crippen LogP contribution in [0.3, 0.4) is 0 Å². The zero-order valence-corrected chi connectivity index (χ0v) is 15.0. The molecule has 2 aromatic rings. The summed E-state index contributed by atoms with van der Waals surface area (Å²) in [6, 6.07) is 9.70. The molecule has 0 radical (unpaired) electrons. The number of carbonyl (C=O) groups excluding carboxylic acids is 1. The summed E-state index contributed by atoms with van der Waals surface area (Å²) in [5.41, 5.74) is -0.303. The molecule has 0 aliphatic carbocycles. The Labute approximate surface area is 150 Å². The Balaban J connectivity index is 2.17. The lowest BCUT2D eigenvalue weighted by Crippen LogP contribution is -2.34. The number of nitrogens with zero attached hydrogens (tertiary/aromatic N) is 1. The maximum atomic E-state index is 13.9. The molecule has 0 aliphatic heterocycles. The van der Waals surface area contributed by atoms with E-state index in [1.54, 1.807) is 24.3 Å². The van der Waals surface area contributed by atoms with Crippen LogP contribution in [0.15, 0.2) is 42.5 Å². The Morgan fingerprint density at radius 3 is 2.31 bits per heavy atom. The number of ether oxygens (including phenoxy) is 1. The third-order valence-corrected chi connectivity index (χ3v) is 4.68. The number of carbonyl (C=O) groups is 1. The summed E-state index contributed by atoms with van der Waals surface area (Å²) < 4.78 is 57.4. The fourth-order valence-electron chi connectivity index (χ4n) is 2.33. The molecular weight excluding hydrogens is 366 g/mol. The molecule has 26 heavy (non-hydrogen) atoms. The second-order valence-electron chi connectivity index (χ2n) is 5.40. The van der Waals surface area contributed by atoms with Crippen molar-refractivity contribution in [2.45, 2.75) is 6.42 Å². The van der Waals surface area contributed by atoms with Crippen molar-refractivity contribution in [1.29, 1.82) is 0 Å². The molecule has 1 amide bonds. The number of para-hydroxylation sites is 3. The van der Waals surface area contributed by atoms with Crippen molar-refractivity contribution in [1.82, 2.24) is 0 Å². The summed E-state index contributed by atoms with van der Waals surface area (Å²) >= 11 is 0. The Kier molecular flexibility index (Phi) is 6.14. The van der Waals surface area contributed by atoms with Crippen LogP contribution in [-0.4, -0.2) is 34.2 Å². The van der Waals surface area contributed by atoms with Gasteiger partial charge in [-0.2, -0.15) is 0 Å². The van der Waals surface area contributed by atoms with Crippen molar-refractivity contribution >= 4 is 27.3 Å². The smallest absolute Gasteiger partial charge is 0.232 e. The van der Waals surface area contributed by atoms with Crippen molar-refractivity contribution < 1.29 is 26.7 Å². The summed E-state index contributed by atoms with van der Waals surface area (Å²) in [6.07, 6.45) is 0.510. The minimum absolute atomic E-state index is 0.307. The molecule has 0 saturated heterocycles. The van der Waals surface area contributed by atoms with Gasteiger partial charge in [-0.1, -0.05) is 18.2 Å². The molecule has 0 bridgehead atoms. The number of benzene rings is 2. The second kappa shape index (κ2) is 8.13. The maximum Gasteiger partial charge on any atom is 0.232 e. The lowest BCUT2D eigenvalue weighted by Gasteiger charge is -2.23. The highest BCUT2D eigenvalue weighted by Crippen LogP contribution is 2.26. The van der Waals surface area contributed by atoms with Gasteiger partial charge in [0.05, 0.1) is 19.1 Å². The molecule has 0 unspecified atom stereocenters. The molecule has 0 spiro atoms. The van der Waals surface area contributed by atoms with Crippen LogP contribution in [0.5, 0.6) is 5.75 Å². The van der Waals surface area contributed by atoms with Gasteiger partial charge in [-0.05, 0) is 24.3 Å². The molecule has 1 N–H and O–H groups in total. The number of hydrogen-bond donors (Lipinski definition) is 1. The van der Waals surface area contributed by atoms with Crippen LogP contribution in [0.1, 0.15) is 6.42 Å². The van der Waals surface area contributed by atoms with Gasteiger partial charge in [0.1, 0.15) is 11.4 Å². The van der Waals surface area contributed by atoms with Crippen LogP contribution in [0, 0.1) is 11.6 Å². The molecule has 0 atom stereocenters. The molecule has 2 aromatic carbocycles. The van der Waals surface area contributed by atoms with Crippen LogP contribution in [0.25, 0.3) is 0 Å². The highest BCUT2D eigenvalue weighted by molar-refractivity contribution is 7.92. The first-order chi connectivity index (χ1) is 12.2. The Morgan fingerprint density at radius 1 is 1.12 bits per heavy atom. The van der Waals surface area contributed by atoms with E-state index >= 15 is 0 Å². The summed E-state index contributed by atoms with van der Waals surface area (Å²) in [4.78, 5) is 12.1. The number of amides is 1. The van der Waals surface area contributed by atoms with E-state index in [4.69, 9.17) is 4.74 Å². The van der Waals surface area contributed by atoms with Crippen molar-refractivity contribution in [2.75, 3.05) is 29.5 Å². The van der Waals surface area contributed by atoms with E-state index < -0.39 is 39.8 Å². The first-order valence-electron chi connectivity index (χ1n) is 7.58. The van der Waals surface area contributed by atoms with E-state index in [2.05, 4.69) is 5.32 Å². The van der Waals surface area contributed by atoms with Crippen LogP contribution < -0.4 is 14.4 Å². The molecule has 0 fully saturated rings. The van der Waals surface area contributed by atoms with Gasteiger partial charge in [0.15, 0.2) is 11.6 Å². The number of rotatable bonds is 7. The van der Waals surface area contributed by atoms with Gasteiger partial charge < -0.3 is 10.1 Å². The lowest BCUT2D eigenvalue weighted by molar-refractivity contribution is -0.116.